The van der Waals surface area contributed by atoms with Crippen LogP contribution in [0, 0.1) is 11.8 Å². The smallest absolute Gasteiger partial charge is 0.262 e. The Balaban J connectivity index is 1.65. The summed E-state index contributed by atoms with van der Waals surface area (Å²) in [5.74, 6) is 1.86. The van der Waals surface area contributed by atoms with Crippen molar-refractivity contribution in [3.63, 3.8) is 0 Å². The van der Waals surface area contributed by atoms with Crippen LogP contribution in [0.5, 0.6) is 5.75 Å². The number of anilines is 1. The van der Waals surface area contributed by atoms with Gasteiger partial charge in [-0.05, 0) is 48.6 Å². The highest BCUT2D eigenvalue weighted by atomic mass is 32.1. The van der Waals surface area contributed by atoms with E-state index in [2.05, 4.69) is 35.2 Å². The molecule has 0 saturated heterocycles. The fraction of sp³-hybridized carbons (Fsp3) is 0.360. The minimum absolute atomic E-state index is 0.0718. The number of aromatic nitrogens is 1. The van der Waals surface area contributed by atoms with Gasteiger partial charge in [0.2, 0.25) is 0 Å². The lowest BCUT2D eigenvalue weighted by Gasteiger charge is -2.36. The van der Waals surface area contributed by atoms with Crippen LogP contribution >= 0.6 is 11.3 Å². The molecule has 2 aliphatic rings. The number of ether oxygens (including phenoxy) is 1. The van der Waals surface area contributed by atoms with Crippen LogP contribution in [0.4, 0.5) is 11.4 Å². The lowest BCUT2D eigenvalue weighted by Crippen LogP contribution is -2.32. The molecule has 160 valence electrons. The van der Waals surface area contributed by atoms with Gasteiger partial charge in [-0.15, -0.1) is 11.3 Å². The molecule has 3 unspecified atom stereocenters. The Morgan fingerprint density at radius 3 is 2.81 bits per heavy atom. The first-order chi connectivity index (χ1) is 15.1. The molecule has 3 aromatic rings. The summed E-state index contributed by atoms with van der Waals surface area (Å²) in [7, 11) is 0. The Labute approximate surface area is 186 Å². The average Bonchev–Trinajstić information content (AvgIpc) is 3.19. The molecule has 0 spiro atoms. The number of fused-ring (bicyclic) bond motifs is 1. The van der Waals surface area contributed by atoms with E-state index in [1.54, 1.807) is 11.3 Å². The Morgan fingerprint density at radius 2 is 1.97 bits per heavy atom. The SMILES string of the molecule is CC1CCCC(n2c(-c3ccc4c(c3)NC(=O)CO4)csc2=Nc2ccccc2)C1C. The molecule has 0 radical (unpaired) electrons. The van der Waals surface area contributed by atoms with E-state index >= 15 is 0 Å². The second kappa shape index (κ2) is 8.35. The van der Waals surface area contributed by atoms with Crippen LogP contribution < -0.4 is 14.9 Å². The summed E-state index contributed by atoms with van der Waals surface area (Å²) in [4.78, 5) is 17.8. The summed E-state index contributed by atoms with van der Waals surface area (Å²) in [6, 6.07) is 16.6. The lowest BCUT2D eigenvalue weighted by atomic mass is 9.78. The minimum atomic E-state index is -0.114. The average molecular weight is 434 g/mol. The zero-order valence-corrected chi connectivity index (χ0v) is 18.7. The number of para-hydroxylation sites is 1. The van der Waals surface area contributed by atoms with E-state index in [0.29, 0.717) is 17.9 Å². The van der Waals surface area contributed by atoms with Crippen LogP contribution in [0.15, 0.2) is 58.9 Å². The number of rotatable bonds is 3. The van der Waals surface area contributed by atoms with Gasteiger partial charge in [-0.2, -0.15) is 0 Å². The van der Waals surface area contributed by atoms with Crippen LogP contribution in [0.2, 0.25) is 0 Å². The summed E-state index contributed by atoms with van der Waals surface area (Å²) in [6.07, 6.45) is 3.67. The van der Waals surface area contributed by atoms with Crippen LogP contribution in [0.1, 0.15) is 39.2 Å². The number of carbonyl (C=O) groups is 1. The molecule has 1 N–H and O–H groups in total. The normalized spacial score (nSPS) is 23.7. The molecule has 3 atom stereocenters. The Bertz CT molecular complexity index is 1170. The molecule has 2 heterocycles. The van der Waals surface area contributed by atoms with E-state index in [1.807, 2.05) is 42.5 Å². The highest BCUT2D eigenvalue weighted by Gasteiger charge is 2.31. The van der Waals surface area contributed by atoms with Crippen LogP contribution in [-0.4, -0.2) is 17.1 Å². The van der Waals surface area contributed by atoms with E-state index in [0.717, 1.165) is 39.6 Å². The van der Waals surface area contributed by atoms with E-state index in [-0.39, 0.29) is 12.5 Å². The molecule has 2 aromatic carbocycles. The Kier molecular flexibility index (Phi) is 5.40. The van der Waals surface area contributed by atoms with Gasteiger partial charge in [0.05, 0.1) is 17.1 Å². The topological polar surface area (TPSA) is 55.6 Å². The van der Waals surface area contributed by atoms with Crippen molar-refractivity contribution < 1.29 is 9.53 Å². The quantitative estimate of drug-likeness (QED) is 0.569. The summed E-state index contributed by atoms with van der Waals surface area (Å²) in [6.45, 7) is 4.81. The number of hydrogen-bond acceptors (Lipinski definition) is 4. The molecule has 5 rings (SSSR count). The number of thiazole rings is 1. The second-order valence-corrected chi connectivity index (χ2v) is 9.44. The monoisotopic (exact) mass is 433 g/mol. The molecule has 1 aliphatic heterocycles. The molecule has 1 saturated carbocycles. The molecule has 1 fully saturated rings. The highest BCUT2D eigenvalue weighted by molar-refractivity contribution is 7.07. The van der Waals surface area contributed by atoms with E-state index in [4.69, 9.17) is 9.73 Å². The van der Waals surface area contributed by atoms with Crippen molar-refractivity contribution in [3.05, 3.63) is 58.7 Å². The molecule has 1 aromatic heterocycles. The summed E-state index contributed by atoms with van der Waals surface area (Å²) in [5.41, 5.74) is 3.92. The van der Waals surface area contributed by atoms with Crippen molar-refractivity contribution in [2.75, 3.05) is 11.9 Å². The summed E-state index contributed by atoms with van der Waals surface area (Å²) < 4.78 is 7.99. The zero-order valence-electron chi connectivity index (χ0n) is 17.9. The third-order valence-electron chi connectivity index (χ3n) is 6.63. The Hall–Kier alpha value is -2.86. The number of nitrogens with one attached hydrogen (secondary N) is 1. The van der Waals surface area contributed by atoms with Crippen molar-refractivity contribution in [1.29, 1.82) is 0 Å². The van der Waals surface area contributed by atoms with Crippen molar-refractivity contribution in [1.82, 2.24) is 4.57 Å². The number of carbonyl (C=O) groups excluding carboxylic acids is 1. The van der Waals surface area contributed by atoms with Gasteiger partial charge in [0.1, 0.15) is 5.75 Å². The predicted octanol–water partition coefficient (Wildman–Crippen LogP) is 5.78. The first-order valence-corrected chi connectivity index (χ1v) is 11.8. The predicted molar refractivity (Wildman–Crippen MR) is 125 cm³/mol. The number of nitrogens with zero attached hydrogens (tertiary/aromatic N) is 2. The van der Waals surface area contributed by atoms with E-state index < -0.39 is 0 Å². The summed E-state index contributed by atoms with van der Waals surface area (Å²) >= 11 is 1.68. The third-order valence-corrected chi connectivity index (χ3v) is 7.47. The molecule has 1 amide bonds. The summed E-state index contributed by atoms with van der Waals surface area (Å²) in [5, 5.41) is 5.13. The van der Waals surface area contributed by atoms with E-state index in [9.17, 15) is 4.79 Å². The van der Waals surface area contributed by atoms with Gasteiger partial charge in [0.25, 0.3) is 5.91 Å². The van der Waals surface area contributed by atoms with Crippen molar-refractivity contribution in [2.45, 2.75) is 39.2 Å². The maximum Gasteiger partial charge on any atom is 0.262 e. The van der Waals surface area contributed by atoms with Crippen molar-refractivity contribution in [2.24, 2.45) is 16.8 Å². The molecular formula is C25H27N3O2S. The van der Waals surface area contributed by atoms with Gasteiger partial charge < -0.3 is 14.6 Å². The van der Waals surface area contributed by atoms with Crippen molar-refractivity contribution in [3.8, 4) is 17.0 Å². The van der Waals surface area contributed by atoms with Crippen molar-refractivity contribution >= 4 is 28.6 Å². The van der Waals surface area contributed by atoms with Crippen LogP contribution in [0.25, 0.3) is 11.3 Å². The van der Waals surface area contributed by atoms with E-state index in [1.165, 1.54) is 12.8 Å². The fourth-order valence-electron chi connectivity index (χ4n) is 4.71. The van der Waals surface area contributed by atoms with Gasteiger partial charge in [-0.1, -0.05) is 44.9 Å². The van der Waals surface area contributed by atoms with Gasteiger partial charge in [0.15, 0.2) is 11.4 Å². The maximum atomic E-state index is 11.8. The van der Waals surface area contributed by atoms with Gasteiger partial charge >= 0.3 is 0 Å². The second-order valence-electron chi connectivity index (χ2n) is 8.60. The first kappa shape index (κ1) is 20.1. The molecule has 1 aliphatic carbocycles. The molecule has 31 heavy (non-hydrogen) atoms. The number of amides is 1. The van der Waals surface area contributed by atoms with Crippen LogP contribution in [-0.2, 0) is 4.79 Å². The molecule has 0 bridgehead atoms. The Morgan fingerprint density at radius 1 is 1.13 bits per heavy atom. The highest BCUT2D eigenvalue weighted by Crippen LogP contribution is 2.40. The maximum absolute atomic E-state index is 11.8. The largest absolute Gasteiger partial charge is 0.482 e. The lowest BCUT2D eigenvalue weighted by molar-refractivity contribution is -0.118. The fourth-order valence-corrected chi connectivity index (χ4v) is 5.68. The number of benzene rings is 2. The molecule has 5 nitrogen and oxygen atoms in total. The standard InChI is InChI=1S/C25H27N3O2S/c1-16-7-6-10-21(17(16)2)28-22(15-31-25(28)26-19-8-4-3-5-9-19)18-11-12-23-20(13-18)27-24(29)14-30-23/h3-5,8-9,11-13,15-17,21H,6-7,10,14H2,1-2H3,(H,27,29). The molecular weight excluding hydrogens is 406 g/mol. The third kappa shape index (κ3) is 3.92. The number of hydrogen-bond donors (Lipinski definition) is 1. The van der Waals surface area contributed by atoms with Gasteiger partial charge in [-0.3, -0.25) is 4.79 Å². The van der Waals surface area contributed by atoms with Crippen LogP contribution in [0.3, 0.4) is 0 Å². The molecule has 6 heteroatoms. The minimum Gasteiger partial charge on any atom is -0.482 e. The van der Waals surface area contributed by atoms with Gasteiger partial charge in [0, 0.05) is 17.0 Å². The first-order valence-electron chi connectivity index (χ1n) is 11.0. The van der Waals surface area contributed by atoms with Gasteiger partial charge in [-0.25, -0.2) is 4.99 Å². The zero-order chi connectivity index (χ0) is 21.4.